The van der Waals surface area contributed by atoms with Crippen LogP contribution < -0.4 is 10.9 Å². The van der Waals surface area contributed by atoms with Crippen LogP contribution in [0, 0.1) is 11.6 Å². The predicted octanol–water partition coefficient (Wildman–Crippen LogP) is 4.12. The first-order chi connectivity index (χ1) is 14.4. The summed E-state index contributed by atoms with van der Waals surface area (Å²) in [5, 5.41) is 2.57. The molecule has 5 nitrogen and oxygen atoms in total. The molecule has 0 saturated heterocycles. The first-order valence-corrected chi connectivity index (χ1v) is 10.0. The molecule has 1 atom stereocenters. The van der Waals surface area contributed by atoms with Crippen molar-refractivity contribution < 1.29 is 13.6 Å². The number of amides is 1. The summed E-state index contributed by atoms with van der Waals surface area (Å²) in [6.45, 7) is 1.56. The minimum atomic E-state index is -0.767. The van der Waals surface area contributed by atoms with Crippen molar-refractivity contribution in [3.63, 3.8) is 0 Å². The monoisotopic (exact) mass is 425 g/mol. The van der Waals surface area contributed by atoms with Crippen LogP contribution >= 0.6 is 11.3 Å². The van der Waals surface area contributed by atoms with E-state index in [0.29, 0.717) is 11.4 Å². The molecule has 4 aromatic rings. The summed E-state index contributed by atoms with van der Waals surface area (Å²) < 4.78 is 28.4. The molecule has 2 heterocycles. The van der Waals surface area contributed by atoms with Gasteiger partial charge < -0.3 is 5.32 Å². The molecule has 0 bridgehead atoms. The number of benzene rings is 2. The lowest BCUT2D eigenvalue weighted by Crippen LogP contribution is -2.33. The average Bonchev–Trinajstić information content (AvgIpc) is 3.12. The third kappa shape index (κ3) is 3.99. The van der Waals surface area contributed by atoms with Crippen molar-refractivity contribution in [3.05, 3.63) is 104 Å². The molecular formula is C22H17F2N3O2S. The molecule has 0 radical (unpaired) electrons. The molecule has 2 aromatic heterocycles. The van der Waals surface area contributed by atoms with Gasteiger partial charge in [0, 0.05) is 35.3 Å². The summed E-state index contributed by atoms with van der Waals surface area (Å²) in [5.74, 6) is -2.14. The van der Waals surface area contributed by atoms with Crippen molar-refractivity contribution >= 4 is 22.2 Å². The molecule has 30 heavy (non-hydrogen) atoms. The van der Waals surface area contributed by atoms with E-state index in [1.165, 1.54) is 28.0 Å². The van der Waals surface area contributed by atoms with Crippen LogP contribution in [0.1, 0.15) is 39.3 Å². The molecule has 8 heteroatoms. The maximum absolute atomic E-state index is 14.0. The molecule has 1 amide bonds. The zero-order valence-electron chi connectivity index (χ0n) is 15.9. The molecule has 0 aliphatic carbocycles. The topological polar surface area (TPSA) is 63.5 Å². The van der Waals surface area contributed by atoms with Crippen LogP contribution in [-0.2, 0) is 6.42 Å². The molecule has 2 aromatic carbocycles. The summed E-state index contributed by atoms with van der Waals surface area (Å²) in [7, 11) is 0. The second-order valence-corrected chi connectivity index (χ2v) is 7.94. The second-order valence-electron chi connectivity index (χ2n) is 6.85. The largest absolute Gasteiger partial charge is 0.345 e. The Kier molecular flexibility index (Phi) is 5.41. The number of halogens is 2. The fourth-order valence-electron chi connectivity index (χ4n) is 3.17. The quantitative estimate of drug-likeness (QED) is 0.523. The molecule has 1 N–H and O–H groups in total. The molecule has 1 unspecified atom stereocenters. The van der Waals surface area contributed by atoms with Gasteiger partial charge in [-0.2, -0.15) is 0 Å². The number of nitrogens with one attached hydrogen (secondary N) is 1. The number of carbonyl (C=O) groups is 1. The zero-order chi connectivity index (χ0) is 21.3. The highest BCUT2D eigenvalue weighted by atomic mass is 32.1. The van der Waals surface area contributed by atoms with Crippen molar-refractivity contribution in [1.29, 1.82) is 0 Å². The number of aromatic nitrogens is 2. The van der Waals surface area contributed by atoms with E-state index in [2.05, 4.69) is 10.3 Å². The second kappa shape index (κ2) is 8.16. The minimum Gasteiger partial charge on any atom is -0.345 e. The number of thiazole rings is 1. The number of hydrogen-bond acceptors (Lipinski definition) is 4. The zero-order valence-corrected chi connectivity index (χ0v) is 16.7. The van der Waals surface area contributed by atoms with E-state index < -0.39 is 29.1 Å². The fraction of sp³-hybridized carbons (Fsp3) is 0.136. The van der Waals surface area contributed by atoms with Gasteiger partial charge >= 0.3 is 0 Å². The Hall–Kier alpha value is -3.39. The standard InChI is InChI=1S/C22H17F2N3O2S/c1-13(17-8-7-15(23)10-19(17)24)26-20(28)18-11-25-22-27(21(18)29)12-16(30-22)9-14-5-3-2-4-6-14/h2-8,10-13H,9H2,1H3,(H,26,28). The van der Waals surface area contributed by atoms with Gasteiger partial charge in [0.25, 0.3) is 11.5 Å². The van der Waals surface area contributed by atoms with E-state index in [9.17, 15) is 18.4 Å². The van der Waals surface area contributed by atoms with Crippen molar-refractivity contribution in [2.45, 2.75) is 19.4 Å². The van der Waals surface area contributed by atoms with Crippen LogP contribution in [0.3, 0.4) is 0 Å². The molecule has 4 rings (SSSR count). The van der Waals surface area contributed by atoms with Crippen molar-refractivity contribution in [3.8, 4) is 0 Å². The maximum atomic E-state index is 14.0. The normalized spacial score (nSPS) is 12.1. The van der Waals surface area contributed by atoms with Crippen molar-refractivity contribution in [1.82, 2.24) is 14.7 Å². The molecule has 152 valence electrons. The Morgan fingerprint density at radius 1 is 1.20 bits per heavy atom. The Morgan fingerprint density at radius 2 is 1.97 bits per heavy atom. The molecule has 0 aliphatic heterocycles. The number of carbonyl (C=O) groups excluding carboxylic acids is 1. The van der Waals surface area contributed by atoms with E-state index >= 15 is 0 Å². The summed E-state index contributed by atoms with van der Waals surface area (Å²) in [5.41, 5.74) is 0.579. The van der Waals surface area contributed by atoms with Gasteiger partial charge in [-0.1, -0.05) is 36.4 Å². The number of fused-ring (bicyclic) bond motifs is 1. The van der Waals surface area contributed by atoms with Crippen LogP contribution in [-0.4, -0.2) is 15.3 Å². The van der Waals surface area contributed by atoms with E-state index in [4.69, 9.17) is 0 Å². The first-order valence-electron chi connectivity index (χ1n) is 9.22. The van der Waals surface area contributed by atoms with Crippen LogP contribution in [0.5, 0.6) is 0 Å². The Morgan fingerprint density at radius 3 is 2.70 bits per heavy atom. The lowest BCUT2D eigenvalue weighted by Gasteiger charge is -2.14. The lowest BCUT2D eigenvalue weighted by molar-refractivity contribution is 0.0937. The van der Waals surface area contributed by atoms with Crippen LogP contribution in [0.2, 0.25) is 0 Å². The van der Waals surface area contributed by atoms with E-state index in [1.807, 2.05) is 30.3 Å². The van der Waals surface area contributed by atoms with Crippen molar-refractivity contribution in [2.24, 2.45) is 0 Å². The van der Waals surface area contributed by atoms with Gasteiger partial charge in [0.05, 0.1) is 6.04 Å². The number of rotatable bonds is 5. The Labute approximate surface area is 174 Å². The van der Waals surface area contributed by atoms with Gasteiger partial charge in [0.1, 0.15) is 17.2 Å². The van der Waals surface area contributed by atoms with E-state index in [0.717, 1.165) is 22.6 Å². The van der Waals surface area contributed by atoms with Crippen LogP contribution in [0.15, 0.2) is 65.7 Å². The van der Waals surface area contributed by atoms with E-state index in [-0.39, 0.29) is 11.1 Å². The van der Waals surface area contributed by atoms with Gasteiger partial charge in [-0.05, 0) is 18.6 Å². The summed E-state index contributed by atoms with van der Waals surface area (Å²) in [6, 6.07) is 12.2. The van der Waals surface area contributed by atoms with Gasteiger partial charge in [0.15, 0.2) is 4.96 Å². The predicted molar refractivity (Wildman–Crippen MR) is 111 cm³/mol. The molecular weight excluding hydrogens is 408 g/mol. The van der Waals surface area contributed by atoms with Gasteiger partial charge in [-0.3, -0.25) is 14.0 Å². The fourth-order valence-corrected chi connectivity index (χ4v) is 4.14. The van der Waals surface area contributed by atoms with Crippen LogP contribution in [0.4, 0.5) is 8.78 Å². The molecule has 0 spiro atoms. The summed E-state index contributed by atoms with van der Waals surface area (Å²) in [6.07, 6.45) is 3.56. The van der Waals surface area contributed by atoms with Crippen LogP contribution in [0.25, 0.3) is 4.96 Å². The third-order valence-electron chi connectivity index (χ3n) is 4.70. The highest BCUT2D eigenvalue weighted by molar-refractivity contribution is 7.17. The SMILES string of the molecule is CC(NC(=O)c1cnc2sc(Cc3ccccc3)cn2c1=O)c1ccc(F)cc1F. The average molecular weight is 425 g/mol. The third-order valence-corrected chi connectivity index (χ3v) is 5.69. The molecule has 0 fully saturated rings. The molecule has 0 aliphatic rings. The number of nitrogens with zero attached hydrogens (tertiary/aromatic N) is 2. The highest BCUT2D eigenvalue weighted by Crippen LogP contribution is 2.20. The van der Waals surface area contributed by atoms with Gasteiger partial charge in [-0.15, -0.1) is 11.3 Å². The van der Waals surface area contributed by atoms with E-state index in [1.54, 1.807) is 13.1 Å². The smallest absolute Gasteiger partial charge is 0.271 e. The maximum Gasteiger partial charge on any atom is 0.271 e. The summed E-state index contributed by atoms with van der Waals surface area (Å²) >= 11 is 1.38. The lowest BCUT2D eigenvalue weighted by atomic mass is 10.1. The Bertz CT molecular complexity index is 1280. The Balaban J connectivity index is 1.58. The highest BCUT2D eigenvalue weighted by Gasteiger charge is 2.19. The minimum absolute atomic E-state index is 0.125. The summed E-state index contributed by atoms with van der Waals surface area (Å²) in [4.78, 5) is 31.1. The number of hydrogen-bond donors (Lipinski definition) is 1. The molecule has 0 saturated carbocycles. The van der Waals surface area contributed by atoms with Gasteiger partial charge in [0.2, 0.25) is 0 Å². The van der Waals surface area contributed by atoms with Gasteiger partial charge in [-0.25, -0.2) is 13.8 Å². The van der Waals surface area contributed by atoms with Crippen molar-refractivity contribution in [2.75, 3.05) is 0 Å². The first kappa shape index (κ1) is 19.9.